The van der Waals surface area contributed by atoms with E-state index in [4.69, 9.17) is 0 Å². The maximum atomic E-state index is 12.5. The Bertz CT molecular complexity index is 683. The largest absolute Gasteiger partial charge is 0.347 e. The highest BCUT2D eigenvalue weighted by Gasteiger charge is 2.26. The summed E-state index contributed by atoms with van der Waals surface area (Å²) in [6.45, 7) is 4.20. The van der Waals surface area contributed by atoms with E-state index in [1.54, 1.807) is 36.0 Å². The van der Waals surface area contributed by atoms with Gasteiger partial charge in [0, 0.05) is 12.6 Å². The lowest BCUT2D eigenvalue weighted by Crippen LogP contribution is -2.50. The Morgan fingerprint density at radius 2 is 1.96 bits per heavy atom. The quantitative estimate of drug-likeness (QED) is 0.801. The zero-order valence-electron chi connectivity index (χ0n) is 14.2. The topological polar surface area (TPSA) is 88.9 Å². The van der Waals surface area contributed by atoms with Gasteiger partial charge in [0.1, 0.15) is 18.2 Å². The van der Waals surface area contributed by atoms with Gasteiger partial charge in [0.05, 0.1) is 6.54 Å². The zero-order valence-corrected chi connectivity index (χ0v) is 14.2. The fourth-order valence-corrected chi connectivity index (χ4v) is 2.27. The fraction of sp³-hybridized carbons (Fsp3) is 0.412. The van der Waals surface area contributed by atoms with E-state index in [0.29, 0.717) is 11.4 Å². The van der Waals surface area contributed by atoms with E-state index in [2.05, 4.69) is 20.7 Å². The van der Waals surface area contributed by atoms with Crippen LogP contribution in [0.2, 0.25) is 0 Å². The first-order valence-electron chi connectivity index (χ1n) is 7.99. The van der Waals surface area contributed by atoms with Gasteiger partial charge >= 0.3 is 0 Å². The van der Waals surface area contributed by atoms with E-state index in [1.807, 2.05) is 19.9 Å². The highest BCUT2D eigenvalue weighted by atomic mass is 16.2. The van der Waals surface area contributed by atoms with Crippen LogP contribution in [0.1, 0.15) is 36.5 Å². The van der Waals surface area contributed by atoms with Crippen molar-refractivity contribution < 1.29 is 9.59 Å². The average Bonchev–Trinajstić information content (AvgIpc) is 3.02. The Hall–Kier alpha value is -2.70. The first-order valence-corrected chi connectivity index (χ1v) is 7.99. The Morgan fingerprint density at radius 3 is 2.54 bits per heavy atom. The Morgan fingerprint density at radius 1 is 1.25 bits per heavy atom. The maximum absolute atomic E-state index is 12.5. The maximum Gasteiger partial charge on any atom is 0.251 e. The average molecular weight is 329 g/mol. The minimum absolute atomic E-state index is 0.0113. The number of carbonyl (C=O) groups excluding carboxylic acids is 2. The predicted molar refractivity (Wildman–Crippen MR) is 90.0 cm³/mol. The highest BCUT2D eigenvalue weighted by Crippen LogP contribution is 2.10. The van der Waals surface area contributed by atoms with E-state index >= 15 is 0 Å². The van der Waals surface area contributed by atoms with Crippen molar-refractivity contribution in [2.75, 3.05) is 0 Å². The summed E-state index contributed by atoms with van der Waals surface area (Å²) in [5.41, 5.74) is 0.534. The third-order valence-electron chi connectivity index (χ3n) is 4.04. The molecule has 0 saturated carbocycles. The zero-order chi connectivity index (χ0) is 17.5. The third-order valence-corrected chi connectivity index (χ3v) is 4.04. The molecule has 2 rings (SSSR count). The van der Waals surface area contributed by atoms with E-state index in [9.17, 15) is 9.59 Å². The SMILES string of the molecule is CC[C@H](C)[C@@H](NC(=O)c1ccccc1)C(=O)NCc1ncnn1C. The molecule has 7 heteroatoms. The van der Waals surface area contributed by atoms with Gasteiger partial charge in [-0.15, -0.1) is 0 Å². The molecule has 0 radical (unpaired) electrons. The Balaban J connectivity index is 2.03. The van der Waals surface area contributed by atoms with Gasteiger partial charge in [0.2, 0.25) is 5.91 Å². The molecule has 0 aliphatic rings. The van der Waals surface area contributed by atoms with Crippen molar-refractivity contribution in [1.29, 1.82) is 0 Å². The van der Waals surface area contributed by atoms with Crippen LogP contribution in [0.15, 0.2) is 36.7 Å². The van der Waals surface area contributed by atoms with Crippen LogP contribution >= 0.6 is 0 Å². The molecule has 128 valence electrons. The highest BCUT2D eigenvalue weighted by molar-refractivity contribution is 5.97. The van der Waals surface area contributed by atoms with Crippen LogP contribution in [0.3, 0.4) is 0 Å². The van der Waals surface area contributed by atoms with Crippen LogP contribution in [0.4, 0.5) is 0 Å². The smallest absolute Gasteiger partial charge is 0.251 e. The van der Waals surface area contributed by atoms with Gasteiger partial charge in [-0.05, 0) is 18.1 Å². The molecule has 7 nitrogen and oxygen atoms in total. The number of aromatic nitrogens is 3. The molecule has 0 saturated heterocycles. The third kappa shape index (κ3) is 4.41. The van der Waals surface area contributed by atoms with Crippen LogP contribution in [-0.2, 0) is 18.4 Å². The summed E-state index contributed by atoms with van der Waals surface area (Å²) in [5, 5.41) is 9.62. The molecule has 0 fully saturated rings. The number of aryl methyl sites for hydroxylation is 1. The monoisotopic (exact) mass is 329 g/mol. The lowest BCUT2D eigenvalue weighted by Gasteiger charge is -2.23. The Kier molecular flexibility index (Phi) is 6.06. The van der Waals surface area contributed by atoms with Crippen molar-refractivity contribution in [3.8, 4) is 0 Å². The van der Waals surface area contributed by atoms with Crippen LogP contribution in [0.25, 0.3) is 0 Å². The molecule has 1 aromatic carbocycles. The van der Waals surface area contributed by atoms with Gasteiger partial charge in [0.25, 0.3) is 5.91 Å². The van der Waals surface area contributed by atoms with E-state index in [0.717, 1.165) is 6.42 Å². The van der Waals surface area contributed by atoms with Gasteiger partial charge in [-0.1, -0.05) is 38.5 Å². The number of hydrogen-bond acceptors (Lipinski definition) is 4. The fourth-order valence-electron chi connectivity index (χ4n) is 2.27. The predicted octanol–water partition coefficient (Wildman–Crippen LogP) is 1.28. The summed E-state index contributed by atoms with van der Waals surface area (Å²) in [6.07, 6.45) is 2.21. The van der Waals surface area contributed by atoms with Gasteiger partial charge in [-0.3, -0.25) is 14.3 Å². The van der Waals surface area contributed by atoms with E-state index in [-0.39, 0.29) is 24.3 Å². The van der Waals surface area contributed by atoms with Crippen molar-refractivity contribution in [3.05, 3.63) is 48.0 Å². The standard InChI is InChI=1S/C17H23N5O2/c1-4-12(2)15(21-16(23)13-8-6-5-7-9-13)17(24)18-10-14-19-11-20-22(14)3/h5-9,11-12,15H,4,10H2,1-3H3,(H,18,24)(H,21,23)/t12-,15+/m0/s1. The van der Waals surface area contributed by atoms with Crippen LogP contribution in [-0.4, -0.2) is 32.6 Å². The van der Waals surface area contributed by atoms with E-state index in [1.165, 1.54) is 6.33 Å². The number of nitrogens with one attached hydrogen (secondary N) is 2. The van der Waals surface area contributed by atoms with Crippen molar-refractivity contribution in [1.82, 2.24) is 25.4 Å². The lowest BCUT2D eigenvalue weighted by atomic mass is 9.98. The minimum atomic E-state index is -0.601. The molecular formula is C17H23N5O2. The van der Waals surface area contributed by atoms with E-state index < -0.39 is 6.04 Å². The summed E-state index contributed by atoms with van der Waals surface area (Å²) in [6, 6.07) is 8.27. The summed E-state index contributed by atoms with van der Waals surface area (Å²) in [7, 11) is 1.76. The Labute approximate surface area is 141 Å². The van der Waals surface area contributed by atoms with Gasteiger partial charge in [0.15, 0.2) is 0 Å². The lowest BCUT2D eigenvalue weighted by molar-refractivity contribution is -0.124. The van der Waals surface area contributed by atoms with Crippen LogP contribution < -0.4 is 10.6 Å². The molecule has 1 aromatic heterocycles. The molecule has 0 bridgehead atoms. The molecule has 2 atom stereocenters. The molecule has 0 aliphatic heterocycles. The van der Waals surface area contributed by atoms with Crippen molar-refractivity contribution in [2.45, 2.75) is 32.9 Å². The molecule has 1 heterocycles. The molecule has 2 N–H and O–H groups in total. The molecule has 2 aromatic rings. The second-order valence-electron chi connectivity index (χ2n) is 5.72. The molecule has 24 heavy (non-hydrogen) atoms. The van der Waals surface area contributed by atoms with Crippen molar-refractivity contribution in [2.24, 2.45) is 13.0 Å². The molecule has 0 aliphatic carbocycles. The first kappa shape index (κ1) is 17.7. The summed E-state index contributed by atoms with van der Waals surface area (Å²) >= 11 is 0. The number of amides is 2. The molecule has 0 spiro atoms. The molecule has 0 unspecified atom stereocenters. The second-order valence-corrected chi connectivity index (χ2v) is 5.72. The number of carbonyl (C=O) groups is 2. The summed E-state index contributed by atoms with van der Waals surface area (Å²) in [5.74, 6) is 0.184. The second kappa shape index (κ2) is 8.24. The molecular weight excluding hydrogens is 306 g/mol. The van der Waals surface area contributed by atoms with Gasteiger partial charge in [-0.2, -0.15) is 5.10 Å². The number of rotatable bonds is 7. The van der Waals surface area contributed by atoms with Gasteiger partial charge in [-0.25, -0.2) is 4.98 Å². The number of nitrogens with zero attached hydrogens (tertiary/aromatic N) is 3. The van der Waals surface area contributed by atoms with Crippen molar-refractivity contribution >= 4 is 11.8 Å². The minimum Gasteiger partial charge on any atom is -0.347 e. The number of benzene rings is 1. The first-order chi connectivity index (χ1) is 11.5. The summed E-state index contributed by atoms with van der Waals surface area (Å²) < 4.78 is 1.60. The van der Waals surface area contributed by atoms with Gasteiger partial charge < -0.3 is 10.6 Å². The van der Waals surface area contributed by atoms with Crippen LogP contribution in [0.5, 0.6) is 0 Å². The molecule has 2 amide bonds. The van der Waals surface area contributed by atoms with Crippen molar-refractivity contribution in [3.63, 3.8) is 0 Å². The summed E-state index contributed by atoms with van der Waals surface area (Å²) in [4.78, 5) is 29.0. The van der Waals surface area contributed by atoms with Crippen LogP contribution in [0, 0.1) is 5.92 Å². The number of hydrogen-bond donors (Lipinski definition) is 2. The normalized spacial score (nSPS) is 13.1.